The zero-order chi connectivity index (χ0) is 19.6. The van der Waals surface area contributed by atoms with E-state index in [-0.39, 0.29) is 16.2 Å². The Balaban J connectivity index is 2.04. The summed E-state index contributed by atoms with van der Waals surface area (Å²) in [6.45, 7) is 0. The van der Waals surface area contributed by atoms with Gasteiger partial charge in [-0.05, 0) is 37.4 Å². The number of aromatic nitrogens is 1. The highest BCUT2D eigenvalue weighted by atomic mass is 35.5. The van der Waals surface area contributed by atoms with E-state index in [1.807, 2.05) is 0 Å². The van der Waals surface area contributed by atoms with Crippen LogP contribution in [-0.2, 0) is 10.0 Å². The first kappa shape index (κ1) is 19.1. The Bertz CT molecular complexity index is 1130. The van der Waals surface area contributed by atoms with Crippen LogP contribution in [0.3, 0.4) is 0 Å². The van der Waals surface area contributed by atoms with Gasteiger partial charge in [-0.1, -0.05) is 23.7 Å². The number of hydrogen-bond donors (Lipinski definition) is 2. The summed E-state index contributed by atoms with van der Waals surface area (Å²) in [5.74, 6) is -0.272. The van der Waals surface area contributed by atoms with Gasteiger partial charge in [0.2, 0.25) is 10.0 Å². The van der Waals surface area contributed by atoms with Crippen molar-refractivity contribution < 1.29 is 17.9 Å². The van der Waals surface area contributed by atoms with E-state index in [2.05, 4.69) is 15.0 Å². The van der Waals surface area contributed by atoms with E-state index in [0.29, 0.717) is 21.6 Å². The number of benzene rings is 2. The number of para-hydroxylation sites is 1. The summed E-state index contributed by atoms with van der Waals surface area (Å²) >= 11 is 6.15. The van der Waals surface area contributed by atoms with E-state index in [4.69, 9.17) is 16.3 Å². The molecule has 1 heterocycles. The van der Waals surface area contributed by atoms with Gasteiger partial charge in [0.1, 0.15) is 5.75 Å². The normalized spacial score (nSPS) is 11.4. The average molecular weight is 406 g/mol. The van der Waals surface area contributed by atoms with Crippen molar-refractivity contribution >= 4 is 44.1 Å². The summed E-state index contributed by atoms with van der Waals surface area (Å²) in [6, 6.07) is 10.9. The van der Waals surface area contributed by atoms with E-state index >= 15 is 0 Å². The molecule has 1 amide bonds. The maximum absolute atomic E-state index is 12.8. The number of pyridine rings is 1. The van der Waals surface area contributed by atoms with Crippen LogP contribution in [0.15, 0.2) is 53.6 Å². The molecule has 0 saturated carbocycles. The first-order chi connectivity index (χ1) is 12.9. The van der Waals surface area contributed by atoms with Crippen LogP contribution in [-0.4, -0.2) is 33.5 Å². The lowest BCUT2D eigenvalue weighted by atomic mass is 10.1. The minimum atomic E-state index is -3.71. The number of anilines is 1. The molecule has 9 heteroatoms. The molecule has 0 radical (unpaired) electrons. The average Bonchev–Trinajstić information content (AvgIpc) is 2.68. The van der Waals surface area contributed by atoms with Gasteiger partial charge in [0.25, 0.3) is 5.91 Å². The molecular weight excluding hydrogens is 390 g/mol. The smallest absolute Gasteiger partial charge is 0.259 e. The number of methoxy groups -OCH3 is 1. The number of ether oxygens (including phenoxy) is 1. The van der Waals surface area contributed by atoms with E-state index in [0.717, 1.165) is 0 Å². The summed E-state index contributed by atoms with van der Waals surface area (Å²) in [7, 11) is -1.00. The number of halogens is 1. The number of amides is 1. The van der Waals surface area contributed by atoms with Crippen molar-refractivity contribution in [1.29, 1.82) is 0 Å². The molecular formula is C18H16ClN3O4S. The van der Waals surface area contributed by atoms with Crippen molar-refractivity contribution in [1.82, 2.24) is 9.71 Å². The van der Waals surface area contributed by atoms with Gasteiger partial charge >= 0.3 is 0 Å². The molecule has 7 nitrogen and oxygen atoms in total. The van der Waals surface area contributed by atoms with Crippen molar-refractivity contribution in [3.05, 3.63) is 59.2 Å². The lowest BCUT2D eigenvalue weighted by Crippen LogP contribution is -2.20. The molecule has 0 spiro atoms. The van der Waals surface area contributed by atoms with Gasteiger partial charge in [0.05, 0.1) is 33.8 Å². The predicted molar refractivity (Wildman–Crippen MR) is 104 cm³/mol. The van der Waals surface area contributed by atoms with Crippen molar-refractivity contribution in [2.24, 2.45) is 0 Å². The number of carbonyl (C=O) groups is 1. The SMILES string of the molecule is CNS(=O)(=O)c1ccc(OC)c(C(=O)Nc2ccnc3c(Cl)cccc23)c1. The lowest BCUT2D eigenvalue weighted by molar-refractivity contribution is 0.102. The molecule has 0 atom stereocenters. The lowest BCUT2D eigenvalue weighted by Gasteiger charge is -2.13. The maximum atomic E-state index is 12.8. The molecule has 140 valence electrons. The van der Waals surface area contributed by atoms with Gasteiger partial charge in [-0.25, -0.2) is 13.1 Å². The number of carbonyl (C=O) groups excluding carboxylic acids is 1. The van der Waals surface area contributed by atoms with Crippen LogP contribution in [0.4, 0.5) is 5.69 Å². The fourth-order valence-electron chi connectivity index (χ4n) is 2.59. The summed E-state index contributed by atoms with van der Waals surface area (Å²) in [5, 5.41) is 3.89. The molecule has 0 aliphatic rings. The third kappa shape index (κ3) is 3.73. The van der Waals surface area contributed by atoms with Gasteiger partial charge in [0, 0.05) is 11.6 Å². The Kier molecular flexibility index (Phi) is 5.31. The number of nitrogens with one attached hydrogen (secondary N) is 2. The third-order valence-corrected chi connectivity index (χ3v) is 5.68. The van der Waals surface area contributed by atoms with E-state index in [1.54, 1.807) is 24.3 Å². The van der Waals surface area contributed by atoms with Crippen LogP contribution in [0, 0.1) is 0 Å². The maximum Gasteiger partial charge on any atom is 0.259 e. The summed E-state index contributed by atoms with van der Waals surface area (Å²) < 4.78 is 31.5. The topological polar surface area (TPSA) is 97.4 Å². The Hall–Kier alpha value is -2.68. The molecule has 0 bridgehead atoms. The van der Waals surface area contributed by atoms with E-state index in [1.165, 1.54) is 38.6 Å². The summed E-state index contributed by atoms with van der Waals surface area (Å²) in [5.41, 5.74) is 1.13. The first-order valence-corrected chi connectivity index (χ1v) is 9.69. The van der Waals surface area contributed by atoms with Crippen LogP contribution in [0.5, 0.6) is 5.75 Å². The largest absolute Gasteiger partial charge is 0.496 e. The zero-order valence-electron chi connectivity index (χ0n) is 14.5. The number of nitrogens with zero attached hydrogens (tertiary/aromatic N) is 1. The molecule has 2 N–H and O–H groups in total. The molecule has 3 aromatic rings. The van der Waals surface area contributed by atoms with Crippen LogP contribution < -0.4 is 14.8 Å². The standard InChI is InChI=1S/C18H16ClN3O4S/c1-20-27(24,25)11-6-7-16(26-2)13(10-11)18(23)22-15-8-9-21-17-12(15)4-3-5-14(17)19/h3-10,20H,1-2H3,(H,21,22,23). The van der Waals surface area contributed by atoms with Crippen LogP contribution >= 0.6 is 11.6 Å². The van der Waals surface area contributed by atoms with Crippen molar-refractivity contribution in [3.8, 4) is 5.75 Å². The van der Waals surface area contributed by atoms with Crippen LogP contribution in [0.1, 0.15) is 10.4 Å². The Morgan fingerprint density at radius 2 is 1.96 bits per heavy atom. The third-order valence-electron chi connectivity index (χ3n) is 3.96. The van der Waals surface area contributed by atoms with Gasteiger partial charge in [0.15, 0.2) is 0 Å². The number of hydrogen-bond acceptors (Lipinski definition) is 5. The molecule has 0 unspecified atom stereocenters. The van der Waals surface area contributed by atoms with E-state index in [9.17, 15) is 13.2 Å². The molecule has 0 saturated heterocycles. The fourth-order valence-corrected chi connectivity index (χ4v) is 3.57. The molecule has 0 aliphatic carbocycles. The zero-order valence-corrected chi connectivity index (χ0v) is 16.1. The predicted octanol–water partition coefficient (Wildman–Crippen LogP) is 3.06. The van der Waals surface area contributed by atoms with Crippen molar-refractivity contribution in [2.45, 2.75) is 4.90 Å². The quantitative estimate of drug-likeness (QED) is 0.679. The Morgan fingerprint density at radius 3 is 2.67 bits per heavy atom. The summed E-state index contributed by atoms with van der Waals surface area (Å²) in [6.07, 6.45) is 1.53. The number of rotatable bonds is 5. The van der Waals surface area contributed by atoms with Crippen molar-refractivity contribution in [2.75, 3.05) is 19.5 Å². The molecule has 0 fully saturated rings. The Labute approximate surface area is 161 Å². The van der Waals surface area contributed by atoms with Gasteiger partial charge < -0.3 is 10.1 Å². The van der Waals surface area contributed by atoms with E-state index < -0.39 is 15.9 Å². The molecule has 1 aromatic heterocycles. The van der Waals surface area contributed by atoms with Gasteiger partial charge in [-0.15, -0.1) is 0 Å². The second-order valence-electron chi connectivity index (χ2n) is 5.52. The highest BCUT2D eigenvalue weighted by molar-refractivity contribution is 7.89. The second kappa shape index (κ2) is 7.51. The second-order valence-corrected chi connectivity index (χ2v) is 7.81. The minimum absolute atomic E-state index is 0.0430. The number of sulfonamides is 1. The van der Waals surface area contributed by atoms with Crippen LogP contribution in [0.2, 0.25) is 5.02 Å². The van der Waals surface area contributed by atoms with Gasteiger partial charge in [-0.3, -0.25) is 9.78 Å². The highest BCUT2D eigenvalue weighted by Gasteiger charge is 2.19. The summed E-state index contributed by atoms with van der Waals surface area (Å²) in [4.78, 5) is 17.0. The first-order valence-electron chi connectivity index (χ1n) is 7.83. The molecule has 27 heavy (non-hydrogen) atoms. The number of fused-ring (bicyclic) bond motifs is 1. The monoisotopic (exact) mass is 405 g/mol. The molecule has 3 rings (SSSR count). The fraction of sp³-hybridized carbons (Fsp3) is 0.111. The van der Waals surface area contributed by atoms with Gasteiger partial charge in [-0.2, -0.15) is 0 Å². The van der Waals surface area contributed by atoms with Crippen LogP contribution in [0.25, 0.3) is 10.9 Å². The minimum Gasteiger partial charge on any atom is -0.496 e. The molecule has 0 aliphatic heterocycles. The van der Waals surface area contributed by atoms with Crippen molar-refractivity contribution in [3.63, 3.8) is 0 Å². The highest BCUT2D eigenvalue weighted by Crippen LogP contribution is 2.29. The Morgan fingerprint density at radius 1 is 1.19 bits per heavy atom. The molecule has 2 aromatic carbocycles.